The number of methoxy groups -OCH3 is 1. The van der Waals surface area contributed by atoms with Crippen molar-refractivity contribution in [1.29, 1.82) is 0 Å². The van der Waals surface area contributed by atoms with Gasteiger partial charge < -0.3 is 9.30 Å². The number of imidazole rings is 1. The first-order valence-corrected chi connectivity index (χ1v) is 10.7. The minimum absolute atomic E-state index is 0.00237. The van der Waals surface area contributed by atoms with Gasteiger partial charge in [-0.1, -0.05) is 17.7 Å². The molecule has 0 aliphatic carbocycles. The molecule has 0 unspecified atom stereocenters. The van der Waals surface area contributed by atoms with Crippen LogP contribution in [0.25, 0.3) is 22.5 Å². The Morgan fingerprint density at radius 3 is 2.76 bits per heavy atom. The molecule has 1 atom stereocenters. The summed E-state index contributed by atoms with van der Waals surface area (Å²) in [4.78, 5) is 8.72. The molecule has 0 aliphatic rings. The van der Waals surface area contributed by atoms with Gasteiger partial charge in [0, 0.05) is 49.6 Å². The van der Waals surface area contributed by atoms with E-state index < -0.39 is 5.82 Å². The van der Waals surface area contributed by atoms with Crippen LogP contribution in [-0.4, -0.2) is 58.2 Å². The van der Waals surface area contributed by atoms with Gasteiger partial charge in [-0.2, -0.15) is 9.78 Å². The van der Waals surface area contributed by atoms with Crippen LogP contribution >= 0.6 is 11.6 Å². The van der Waals surface area contributed by atoms with Crippen molar-refractivity contribution in [3.8, 4) is 22.5 Å². The van der Waals surface area contributed by atoms with Gasteiger partial charge in [-0.05, 0) is 35.0 Å². The highest BCUT2D eigenvalue weighted by atomic mass is 35.5. The highest BCUT2D eigenvalue weighted by molar-refractivity contribution is 6.31. The van der Waals surface area contributed by atoms with Crippen molar-refractivity contribution in [1.82, 2.24) is 44.5 Å². The lowest BCUT2D eigenvalue weighted by molar-refractivity contribution is 0.181. The minimum Gasteiger partial charge on any atom is -0.385 e. The van der Waals surface area contributed by atoms with E-state index in [0.29, 0.717) is 24.3 Å². The number of ether oxygens (including phenoxy) is 1. The molecule has 172 valence electrons. The van der Waals surface area contributed by atoms with Crippen LogP contribution in [0.15, 0.2) is 67.9 Å². The Kier molecular flexibility index (Phi) is 6.11. The fraction of sp³-hybridized carbons (Fsp3) is 0.182. The third kappa shape index (κ3) is 4.18. The van der Waals surface area contributed by atoms with E-state index in [1.165, 1.54) is 17.1 Å². The molecule has 0 bridgehead atoms. The monoisotopic (exact) mass is 479 g/mol. The van der Waals surface area contributed by atoms with Crippen LogP contribution in [0.5, 0.6) is 0 Å². The number of benzene rings is 1. The molecule has 0 amide bonds. The molecule has 0 aliphatic heterocycles. The van der Waals surface area contributed by atoms with Crippen LogP contribution in [0, 0.1) is 5.82 Å². The van der Waals surface area contributed by atoms with Crippen molar-refractivity contribution in [3.63, 3.8) is 0 Å². The van der Waals surface area contributed by atoms with Gasteiger partial charge in [-0.15, -0.1) is 5.10 Å². The maximum Gasteiger partial charge on any atom is 0.151 e. The lowest BCUT2D eigenvalue weighted by atomic mass is 10.0. The second-order valence-corrected chi connectivity index (χ2v) is 7.83. The Bertz CT molecular complexity index is 1370. The van der Waals surface area contributed by atoms with Crippen LogP contribution < -0.4 is 0 Å². The van der Waals surface area contributed by atoms with E-state index in [4.69, 9.17) is 16.3 Å². The third-order valence-electron chi connectivity index (χ3n) is 5.39. The predicted molar refractivity (Wildman–Crippen MR) is 121 cm³/mol. The molecule has 4 aromatic heterocycles. The number of hydrogen-bond acceptors (Lipinski definition) is 7. The van der Waals surface area contributed by atoms with E-state index in [0.717, 1.165) is 11.4 Å². The maximum atomic E-state index is 15.1. The van der Waals surface area contributed by atoms with Gasteiger partial charge in [0.1, 0.15) is 6.33 Å². The van der Waals surface area contributed by atoms with Crippen LogP contribution in [0.3, 0.4) is 0 Å². The van der Waals surface area contributed by atoms with Crippen molar-refractivity contribution in [2.45, 2.75) is 12.5 Å². The number of rotatable bonds is 8. The van der Waals surface area contributed by atoms with E-state index >= 15 is 4.39 Å². The molecule has 0 fully saturated rings. The number of nitrogens with zero attached hydrogens (tertiary/aromatic N) is 9. The molecular formula is C22H19ClFN9O. The average molecular weight is 480 g/mol. The topological polar surface area (TPSA) is 101 Å². The molecule has 0 spiro atoms. The van der Waals surface area contributed by atoms with Crippen LogP contribution in [0.1, 0.15) is 18.2 Å². The average Bonchev–Trinajstić information content (AvgIpc) is 3.64. The summed E-state index contributed by atoms with van der Waals surface area (Å²) in [5.74, 6) is -0.572. The zero-order valence-corrected chi connectivity index (χ0v) is 18.8. The SMILES string of the molecule is COCC[C@H](c1ccc(-c2c(-n3cnnn3)ccc(Cl)c2F)cn1)n1cc(-n2ccnc2)cn1. The lowest BCUT2D eigenvalue weighted by Gasteiger charge is -2.18. The molecule has 4 heterocycles. The van der Waals surface area contributed by atoms with Gasteiger partial charge in [0.25, 0.3) is 0 Å². The number of pyridine rings is 1. The van der Waals surface area contributed by atoms with E-state index in [1.807, 2.05) is 27.7 Å². The number of hydrogen-bond donors (Lipinski definition) is 0. The fourth-order valence-electron chi connectivity index (χ4n) is 3.72. The second kappa shape index (κ2) is 9.49. The molecule has 0 saturated carbocycles. The van der Waals surface area contributed by atoms with Crippen LogP contribution in [0.2, 0.25) is 5.02 Å². The van der Waals surface area contributed by atoms with Gasteiger partial charge in [-0.3, -0.25) is 9.67 Å². The van der Waals surface area contributed by atoms with Crippen LogP contribution in [0.4, 0.5) is 4.39 Å². The van der Waals surface area contributed by atoms with Gasteiger partial charge >= 0.3 is 0 Å². The second-order valence-electron chi connectivity index (χ2n) is 7.43. The summed E-state index contributed by atoms with van der Waals surface area (Å²) < 4.78 is 25.5. The Balaban J connectivity index is 1.51. The molecule has 0 saturated heterocycles. The highest BCUT2D eigenvalue weighted by Gasteiger charge is 2.20. The van der Waals surface area contributed by atoms with E-state index in [-0.39, 0.29) is 16.6 Å². The molecular weight excluding hydrogens is 461 g/mol. The fourth-order valence-corrected chi connectivity index (χ4v) is 3.87. The first-order valence-electron chi connectivity index (χ1n) is 10.3. The Labute approximate surface area is 198 Å². The third-order valence-corrected chi connectivity index (χ3v) is 5.68. The summed E-state index contributed by atoms with van der Waals surface area (Å²) >= 11 is 6.07. The Morgan fingerprint density at radius 1 is 1.15 bits per heavy atom. The van der Waals surface area contributed by atoms with Gasteiger partial charge in [0.2, 0.25) is 0 Å². The lowest BCUT2D eigenvalue weighted by Crippen LogP contribution is -2.15. The largest absolute Gasteiger partial charge is 0.385 e. The van der Waals surface area contributed by atoms with E-state index in [2.05, 4.69) is 30.6 Å². The smallest absolute Gasteiger partial charge is 0.151 e. The zero-order chi connectivity index (χ0) is 23.5. The highest BCUT2D eigenvalue weighted by Crippen LogP contribution is 2.33. The van der Waals surface area contributed by atoms with Gasteiger partial charge in [0.05, 0.1) is 40.7 Å². The minimum atomic E-state index is -0.572. The molecule has 12 heteroatoms. The quantitative estimate of drug-likeness (QED) is 0.335. The van der Waals surface area contributed by atoms with E-state index in [9.17, 15) is 0 Å². The first-order chi connectivity index (χ1) is 16.7. The van der Waals surface area contributed by atoms with Gasteiger partial charge in [-0.25, -0.2) is 9.37 Å². The molecule has 0 N–H and O–H groups in total. The first kappa shape index (κ1) is 21.9. The van der Waals surface area contributed by atoms with Crippen molar-refractivity contribution < 1.29 is 9.13 Å². The number of aromatic nitrogens is 9. The number of halogens is 2. The summed E-state index contributed by atoms with van der Waals surface area (Å²) in [7, 11) is 1.65. The summed E-state index contributed by atoms with van der Waals surface area (Å²) in [5, 5.41) is 15.7. The summed E-state index contributed by atoms with van der Waals surface area (Å²) in [6, 6.07) is 6.58. The normalized spacial score (nSPS) is 12.2. The van der Waals surface area contributed by atoms with Crippen molar-refractivity contribution in [3.05, 3.63) is 84.4 Å². The summed E-state index contributed by atoms with van der Waals surface area (Å²) in [6.45, 7) is 0.515. The van der Waals surface area contributed by atoms with Crippen molar-refractivity contribution in [2.24, 2.45) is 0 Å². The Hall–Kier alpha value is -3.96. The molecule has 0 radical (unpaired) electrons. The summed E-state index contributed by atoms with van der Waals surface area (Å²) in [6.07, 6.45) is 12.6. The molecule has 5 aromatic rings. The maximum absolute atomic E-state index is 15.1. The molecule has 5 rings (SSSR count). The van der Waals surface area contributed by atoms with Gasteiger partial charge in [0.15, 0.2) is 5.82 Å². The molecule has 10 nitrogen and oxygen atoms in total. The zero-order valence-electron chi connectivity index (χ0n) is 18.0. The Morgan fingerprint density at radius 2 is 2.06 bits per heavy atom. The van der Waals surface area contributed by atoms with E-state index in [1.54, 1.807) is 44.2 Å². The molecule has 1 aromatic carbocycles. The summed E-state index contributed by atoms with van der Waals surface area (Å²) in [5.41, 5.74) is 2.89. The van der Waals surface area contributed by atoms with Crippen LogP contribution in [-0.2, 0) is 4.74 Å². The molecule has 34 heavy (non-hydrogen) atoms. The number of tetrazole rings is 1. The van der Waals surface area contributed by atoms with Crippen molar-refractivity contribution >= 4 is 11.6 Å². The predicted octanol–water partition coefficient (Wildman–Crippen LogP) is 3.52. The van der Waals surface area contributed by atoms with Crippen molar-refractivity contribution in [2.75, 3.05) is 13.7 Å². The standard InChI is InChI=1S/C22H19ClFN9O/c1-34-9-6-19(32-12-16(11-28-32)31-8-7-25-13-31)18-4-2-15(10-26-18)21-20(33-14-27-29-30-33)5-3-17(23)22(21)24/h2-5,7-8,10-14,19H,6,9H2,1H3/t19-/m1/s1.